The monoisotopic (exact) mass is 269 g/mol. The topological polar surface area (TPSA) is 43.8 Å². The van der Waals surface area contributed by atoms with Crippen LogP contribution in [0.4, 0.5) is 0 Å². The molecule has 2 rings (SSSR count). The number of halogens is 1. The van der Waals surface area contributed by atoms with Gasteiger partial charge in [-0.15, -0.1) is 0 Å². The van der Waals surface area contributed by atoms with Crippen molar-refractivity contribution in [3.63, 3.8) is 0 Å². The molecule has 92 valence electrons. The lowest BCUT2D eigenvalue weighted by Crippen LogP contribution is -2.25. The molecule has 0 radical (unpaired) electrons. The van der Waals surface area contributed by atoms with Crippen molar-refractivity contribution in [2.45, 2.75) is 25.8 Å². The third-order valence-electron chi connectivity index (χ3n) is 2.81. The van der Waals surface area contributed by atoms with E-state index in [0.29, 0.717) is 5.15 Å². The number of rotatable bonds is 4. The van der Waals surface area contributed by atoms with Gasteiger partial charge in [0.1, 0.15) is 5.15 Å². The van der Waals surface area contributed by atoms with Gasteiger partial charge in [0.15, 0.2) is 0 Å². The fraction of sp³-hybridized carbons (Fsp3) is 0.417. The van der Waals surface area contributed by atoms with Crippen LogP contribution in [0.3, 0.4) is 0 Å². The van der Waals surface area contributed by atoms with Gasteiger partial charge in [-0.05, 0) is 42.2 Å². The second-order valence-electron chi connectivity index (χ2n) is 4.28. The SMILES string of the molecule is Cc1nn(C)c(Cl)c1CC(N)Cc1ccsc1. The van der Waals surface area contributed by atoms with Gasteiger partial charge in [0.05, 0.1) is 5.69 Å². The third-order valence-corrected chi connectivity index (χ3v) is 4.02. The van der Waals surface area contributed by atoms with Gasteiger partial charge in [-0.3, -0.25) is 4.68 Å². The van der Waals surface area contributed by atoms with E-state index in [0.717, 1.165) is 24.1 Å². The lowest BCUT2D eigenvalue weighted by atomic mass is 10.0. The number of thiophene rings is 1. The molecule has 0 fully saturated rings. The van der Waals surface area contributed by atoms with Crippen molar-refractivity contribution in [1.82, 2.24) is 9.78 Å². The van der Waals surface area contributed by atoms with Crippen molar-refractivity contribution in [2.24, 2.45) is 12.8 Å². The molecule has 1 unspecified atom stereocenters. The Kier molecular flexibility index (Phi) is 3.86. The number of nitrogens with zero attached hydrogens (tertiary/aromatic N) is 2. The Labute approximate surface area is 110 Å². The van der Waals surface area contributed by atoms with E-state index in [-0.39, 0.29) is 6.04 Å². The fourth-order valence-electron chi connectivity index (χ4n) is 1.95. The van der Waals surface area contributed by atoms with Crippen LogP contribution in [-0.2, 0) is 19.9 Å². The first-order chi connectivity index (χ1) is 8.08. The molecule has 2 aromatic heterocycles. The zero-order valence-corrected chi connectivity index (χ0v) is 11.6. The summed E-state index contributed by atoms with van der Waals surface area (Å²) in [5.74, 6) is 0. The maximum Gasteiger partial charge on any atom is 0.130 e. The zero-order valence-electron chi connectivity index (χ0n) is 9.98. The molecule has 0 saturated heterocycles. The number of aromatic nitrogens is 2. The molecule has 0 bridgehead atoms. The number of hydrogen-bond donors (Lipinski definition) is 1. The summed E-state index contributed by atoms with van der Waals surface area (Å²) < 4.78 is 1.70. The molecule has 2 heterocycles. The molecule has 2 N–H and O–H groups in total. The van der Waals surface area contributed by atoms with E-state index >= 15 is 0 Å². The Morgan fingerprint density at radius 2 is 2.29 bits per heavy atom. The van der Waals surface area contributed by atoms with Gasteiger partial charge < -0.3 is 5.73 Å². The van der Waals surface area contributed by atoms with Crippen LogP contribution < -0.4 is 5.73 Å². The molecule has 0 aromatic carbocycles. The highest BCUT2D eigenvalue weighted by Gasteiger charge is 2.15. The average molecular weight is 270 g/mol. The summed E-state index contributed by atoms with van der Waals surface area (Å²) in [7, 11) is 1.85. The van der Waals surface area contributed by atoms with Crippen LogP contribution >= 0.6 is 22.9 Å². The Bertz CT molecular complexity index is 490. The standard InChI is InChI=1S/C12H16ClN3S/c1-8-11(12(13)16(2)15-8)6-10(14)5-9-3-4-17-7-9/h3-4,7,10H,5-6,14H2,1-2H3. The third kappa shape index (κ3) is 2.89. The van der Waals surface area contributed by atoms with Crippen LogP contribution in [0, 0.1) is 6.92 Å². The van der Waals surface area contributed by atoms with Crippen molar-refractivity contribution in [2.75, 3.05) is 0 Å². The highest BCUT2D eigenvalue weighted by atomic mass is 35.5. The minimum Gasteiger partial charge on any atom is -0.327 e. The second-order valence-corrected chi connectivity index (χ2v) is 5.42. The molecule has 5 heteroatoms. The van der Waals surface area contributed by atoms with Crippen molar-refractivity contribution >= 4 is 22.9 Å². The van der Waals surface area contributed by atoms with E-state index in [2.05, 4.69) is 21.9 Å². The Balaban J connectivity index is 2.05. The van der Waals surface area contributed by atoms with E-state index in [9.17, 15) is 0 Å². The van der Waals surface area contributed by atoms with Gasteiger partial charge in [-0.2, -0.15) is 16.4 Å². The Hall–Kier alpha value is -0.840. The Morgan fingerprint density at radius 3 is 2.82 bits per heavy atom. The minimum absolute atomic E-state index is 0.0880. The quantitative estimate of drug-likeness (QED) is 0.927. The first-order valence-corrected chi connectivity index (χ1v) is 6.84. The predicted octanol–water partition coefficient (Wildman–Crippen LogP) is 2.56. The lowest BCUT2D eigenvalue weighted by Gasteiger charge is -2.10. The molecule has 0 spiro atoms. The van der Waals surface area contributed by atoms with Crippen LogP contribution in [0.5, 0.6) is 0 Å². The van der Waals surface area contributed by atoms with Gasteiger partial charge in [-0.25, -0.2) is 0 Å². The predicted molar refractivity (Wildman–Crippen MR) is 72.7 cm³/mol. The van der Waals surface area contributed by atoms with E-state index in [4.69, 9.17) is 17.3 Å². The molecule has 17 heavy (non-hydrogen) atoms. The first-order valence-electron chi connectivity index (χ1n) is 5.52. The normalized spacial score (nSPS) is 12.9. The van der Waals surface area contributed by atoms with Gasteiger partial charge in [0.25, 0.3) is 0 Å². The molecule has 1 atom stereocenters. The summed E-state index contributed by atoms with van der Waals surface area (Å²) in [6.45, 7) is 1.97. The summed E-state index contributed by atoms with van der Waals surface area (Å²) in [5.41, 5.74) is 9.48. The van der Waals surface area contributed by atoms with Crippen molar-refractivity contribution in [3.05, 3.63) is 38.8 Å². The molecule has 0 aliphatic heterocycles. The maximum absolute atomic E-state index is 6.19. The van der Waals surface area contributed by atoms with E-state index < -0.39 is 0 Å². The van der Waals surface area contributed by atoms with Crippen LogP contribution in [-0.4, -0.2) is 15.8 Å². The van der Waals surface area contributed by atoms with Gasteiger partial charge in [0.2, 0.25) is 0 Å². The first kappa shape index (κ1) is 12.6. The van der Waals surface area contributed by atoms with Crippen molar-refractivity contribution in [3.8, 4) is 0 Å². The van der Waals surface area contributed by atoms with Crippen molar-refractivity contribution < 1.29 is 0 Å². The molecular formula is C12H16ClN3S. The van der Waals surface area contributed by atoms with Gasteiger partial charge >= 0.3 is 0 Å². The minimum atomic E-state index is 0.0880. The largest absolute Gasteiger partial charge is 0.327 e. The molecular weight excluding hydrogens is 254 g/mol. The van der Waals surface area contributed by atoms with Gasteiger partial charge in [-0.1, -0.05) is 11.6 Å². The van der Waals surface area contributed by atoms with E-state index in [1.54, 1.807) is 16.0 Å². The average Bonchev–Trinajstić information content (AvgIpc) is 2.83. The van der Waals surface area contributed by atoms with Crippen molar-refractivity contribution in [1.29, 1.82) is 0 Å². The van der Waals surface area contributed by atoms with Crippen LogP contribution in [0.1, 0.15) is 16.8 Å². The zero-order chi connectivity index (χ0) is 12.4. The molecule has 0 saturated carbocycles. The highest BCUT2D eigenvalue weighted by Crippen LogP contribution is 2.21. The second kappa shape index (κ2) is 5.21. The maximum atomic E-state index is 6.19. The molecule has 0 aliphatic carbocycles. The molecule has 3 nitrogen and oxygen atoms in total. The van der Waals surface area contributed by atoms with Crippen LogP contribution in [0.15, 0.2) is 16.8 Å². The smallest absolute Gasteiger partial charge is 0.130 e. The number of hydrogen-bond acceptors (Lipinski definition) is 3. The molecule has 0 amide bonds. The lowest BCUT2D eigenvalue weighted by molar-refractivity contribution is 0.663. The summed E-state index contributed by atoms with van der Waals surface area (Å²) in [5, 5.41) is 9.20. The number of aryl methyl sites for hydroxylation is 2. The van der Waals surface area contributed by atoms with E-state index in [1.165, 1.54) is 5.56 Å². The van der Waals surface area contributed by atoms with Crippen LogP contribution in [0.2, 0.25) is 5.15 Å². The summed E-state index contributed by atoms with van der Waals surface area (Å²) in [6.07, 6.45) is 1.66. The summed E-state index contributed by atoms with van der Waals surface area (Å²) in [6, 6.07) is 2.20. The fourth-order valence-corrected chi connectivity index (χ4v) is 2.88. The summed E-state index contributed by atoms with van der Waals surface area (Å²) in [4.78, 5) is 0. The molecule has 2 aromatic rings. The molecule has 0 aliphatic rings. The van der Waals surface area contributed by atoms with Crippen LogP contribution in [0.25, 0.3) is 0 Å². The summed E-state index contributed by atoms with van der Waals surface area (Å²) >= 11 is 7.89. The number of nitrogens with two attached hydrogens (primary N) is 1. The Morgan fingerprint density at radius 1 is 1.53 bits per heavy atom. The highest BCUT2D eigenvalue weighted by molar-refractivity contribution is 7.07. The van der Waals surface area contributed by atoms with Gasteiger partial charge in [0, 0.05) is 18.7 Å². The van der Waals surface area contributed by atoms with E-state index in [1.807, 2.05) is 14.0 Å².